The summed E-state index contributed by atoms with van der Waals surface area (Å²) in [5, 5.41) is 0. The average Bonchev–Trinajstić information content (AvgIpc) is 2.67. The van der Waals surface area contributed by atoms with Crippen LogP contribution in [0.1, 0.15) is 44.9 Å². The van der Waals surface area contributed by atoms with E-state index >= 15 is 0 Å². The van der Waals surface area contributed by atoms with Crippen molar-refractivity contribution in [1.82, 2.24) is 19.8 Å². The Morgan fingerprint density at radius 1 is 1.20 bits per heavy atom. The minimum Gasteiger partial charge on any atom is -0.354 e. The largest absolute Gasteiger partial charge is 0.354 e. The summed E-state index contributed by atoms with van der Waals surface area (Å²) in [5.74, 6) is 2.07. The molecule has 0 radical (unpaired) electrons. The number of piperazine rings is 1. The summed E-state index contributed by atoms with van der Waals surface area (Å²) in [6, 6.07) is 2.36. The van der Waals surface area contributed by atoms with Crippen LogP contribution in [0.25, 0.3) is 0 Å². The quantitative estimate of drug-likeness (QED) is 0.836. The monoisotopic (exact) mass is 345 g/mol. The van der Waals surface area contributed by atoms with E-state index in [1.807, 2.05) is 31.1 Å². The van der Waals surface area contributed by atoms with Crippen LogP contribution >= 0.6 is 0 Å². The Bertz CT molecular complexity index is 579. The van der Waals surface area contributed by atoms with Crippen LogP contribution < -0.4 is 4.90 Å². The zero-order valence-electron chi connectivity index (χ0n) is 15.8. The van der Waals surface area contributed by atoms with Crippen LogP contribution in [0.5, 0.6) is 0 Å². The van der Waals surface area contributed by atoms with Gasteiger partial charge in [0.1, 0.15) is 11.6 Å². The molecule has 0 N–H and O–H groups in total. The van der Waals surface area contributed by atoms with Crippen molar-refractivity contribution >= 4 is 11.7 Å². The number of amides is 1. The van der Waals surface area contributed by atoms with Gasteiger partial charge in [0, 0.05) is 45.5 Å². The second-order valence-electron chi connectivity index (χ2n) is 7.40. The van der Waals surface area contributed by atoms with Gasteiger partial charge in [-0.2, -0.15) is 0 Å². The number of aryl methyl sites for hydroxylation is 1. The van der Waals surface area contributed by atoms with E-state index in [1.54, 1.807) is 0 Å². The Morgan fingerprint density at radius 2 is 1.88 bits per heavy atom. The fraction of sp³-hybridized carbons (Fsp3) is 0.737. The van der Waals surface area contributed by atoms with Gasteiger partial charge in [-0.3, -0.25) is 9.69 Å². The molecule has 25 heavy (non-hydrogen) atoms. The first-order valence-corrected chi connectivity index (χ1v) is 9.61. The first kappa shape index (κ1) is 18.1. The van der Waals surface area contributed by atoms with E-state index in [2.05, 4.69) is 26.7 Å². The predicted molar refractivity (Wildman–Crippen MR) is 99.7 cm³/mol. The minimum atomic E-state index is -0.0405. The molecule has 138 valence electrons. The Hall–Kier alpha value is -1.69. The summed E-state index contributed by atoms with van der Waals surface area (Å²) >= 11 is 0. The molecule has 1 aromatic rings. The summed E-state index contributed by atoms with van der Waals surface area (Å²) in [5.41, 5.74) is 0. The molecule has 3 rings (SSSR count). The third-order valence-electron chi connectivity index (χ3n) is 5.77. The lowest BCUT2D eigenvalue weighted by molar-refractivity contribution is -0.138. The molecule has 1 unspecified atom stereocenters. The maximum Gasteiger partial charge on any atom is 0.239 e. The molecular formula is C19H31N5O. The van der Waals surface area contributed by atoms with Gasteiger partial charge in [0.05, 0.1) is 6.04 Å². The number of nitrogens with zero attached hydrogens (tertiary/aromatic N) is 5. The van der Waals surface area contributed by atoms with Crippen molar-refractivity contribution in [2.45, 2.75) is 58.0 Å². The van der Waals surface area contributed by atoms with Crippen LogP contribution in [-0.2, 0) is 4.79 Å². The van der Waals surface area contributed by atoms with E-state index in [0.29, 0.717) is 6.04 Å². The van der Waals surface area contributed by atoms with Gasteiger partial charge in [-0.25, -0.2) is 9.97 Å². The van der Waals surface area contributed by atoms with Crippen molar-refractivity contribution in [2.75, 3.05) is 38.1 Å². The van der Waals surface area contributed by atoms with E-state index < -0.39 is 0 Å². The van der Waals surface area contributed by atoms with Crippen molar-refractivity contribution < 1.29 is 4.79 Å². The van der Waals surface area contributed by atoms with Crippen LogP contribution in [0.15, 0.2) is 12.3 Å². The van der Waals surface area contributed by atoms with E-state index in [-0.39, 0.29) is 11.9 Å². The third kappa shape index (κ3) is 4.29. The van der Waals surface area contributed by atoms with Gasteiger partial charge in [-0.05, 0) is 32.8 Å². The standard InChI is InChI=1S/C19H31N5O/c1-15(19(25)22(3)17-7-5-4-6-8-17)23-11-13-24(14-12-23)18-9-10-20-16(2)21-18/h9-10,15,17H,4-8,11-14H2,1-3H3. The molecule has 1 atom stereocenters. The molecule has 1 amide bonds. The Morgan fingerprint density at radius 3 is 2.52 bits per heavy atom. The van der Waals surface area contributed by atoms with Crippen molar-refractivity contribution in [3.05, 3.63) is 18.1 Å². The summed E-state index contributed by atoms with van der Waals surface area (Å²) in [7, 11) is 1.99. The maximum atomic E-state index is 12.9. The van der Waals surface area contributed by atoms with Gasteiger partial charge < -0.3 is 9.80 Å². The normalized spacial score (nSPS) is 21.2. The minimum absolute atomic E-state index is 0.0405. The number of carbonyl (C=O) groups excluding carboxylic acids is 1. The third-order valence-corrected chi connectivity index (χ3v) is 5.77. The van der Waals surface area contributed by atoms with E-state index in [4.69, 9.17) is 0 Å². The zero-order chi connectivity index (χ0) is 17.8. The molecule has 0 bridgehead atoms. The first-order valence-electron chi connectivity index (χ1n) is 9.61. The van der Waals surface area contributed by atoms with E-state index in [0.717, 1.165) is 50.7 Å². The molecule has 1 aliphatic heterocycles. The van der Waals surface area contributed by atoms with Crippen LogP contribution in [0.3, 0.4) is 0 Å². The van der Waals surface area contributed by atoms with Gasteiger partial charge in [-0.15, -0.1) is 0 Å². The molecule has 1 saturated heterocycles. The molecule has 6 nitrogen and oxygen atoms in total. The highest BCUT2D eigenvalue weighted by atomic mass is 16.2. The van der Waals surface area contributed by atoms with Gasteiger partial charge in [0.25, 0.3) is 0 Å². The van der Waals surface area contributed by atoms with Crippen molar-refractivity contribution in [2.24, 2.45) is 0 Å². The molecule has 1 aliphatic carbocycles. The summed E-state index contributed by atoms with van der Waals surface area (Å²) < 4.78 is 0. The highest BCUT2D eigenvalue weighted by Crippen LogP contribution is 2.23. The average molecular weight is 345 g/mol. The smallest absolute Gasteiger partial charge is 0.239 e. The van der Waals surface area contributed by atoms with Gasteiger partial charge >= 0.3 is 0 Å². The Labute approximate surface area is 151 Å². The fourth-order valence-corrected chi connectivity index (χ4v) is 4.06. The summed E-state index contributed by atoms with van der Waals surface area (Å²) in [6.07, 6.45) is 7.97. The van der Waals surface area contributed by atoms with Crippen LogP contribution in [0.4, 0.5) is 5.82 Å². The number of anilines is 1. The molecular weight excluding hydrogens is 314 g/mol. The van der Waals surface area contributed by atoms with Crippen molar-refractivity contribution in [1.29, 1.82) is 0 Å². The maximum absolute atomic E-state index is 12.9. The second-order valence-corrected chi connectivity index (χ2v) is 7.40. The molecule has 2 heterocycles. The number of hydrogen-bond donors (Lipinski definition) is 0. The van der Waals surface area contributed by atoms with E-state index in [1.165, 1.54) is 19.3 Å². The number of carbonyl (C=O) groups is 1. The highest BCUT2D eigenvalue weighted by Gasteiger charge is 2.30. The highest BCUT2D eigenvalue weighted by molar-refractivity contribution is 5.81. The molecule has 1 saturated carbocycles. The van der Waals surface area contributed by atoms with Crippen LogP contribution in [-0.4, -0.2) is 71.0 Å². The van der Waals surface area contributed by atoms with Gasteiger partial charge in [0.2, 0.25) is 5.91 Å². The zero-order valence-corrected chi connectivity index (χ0v) is 15.8. The van der Waals surface area contributed by atoms with Crippen molar-refractivity contribution in [3.63, 3.8) is 0 Å². The summed E-state index contributed by atoms with van der Waals surface area (Å²) in [4.78, 5) is 28.2. The molecule has 2 fully saturated rings. The van der Waals surface area contributed by atoms with Gasteiger partial charge in [-0.1, -0.05) is 19.3 Å². The molecule has 0 spiro atoms. The lowest BCUT2D eigenvalue weighted by Gasteiger charge is -2.40. The second kappa shape index (κ2) is 8.13. The Kier molecular flexibility index (Phi) is 5.89. The summed E-state index contributed by atoms with van der Waals surface area (Å²) in [6.45, 7) is 7.58. The molecule has 0 aromatic carbocycles. The lowest BCUT2D eigenvalue weighted by Crippen LogP contribution is -2.55. The molecule has 1 aromatic heterocycles. The number of likely N-dealkylation sites (N-methyl/N-ethyl adjacent to an activating group) is 1. The topological polar surface area (TPSA) is 52.6 Å². The molecule has 6 heteroatoms. The number of aromatic nitrogens is 2. The first-order chi connectivity index (χ1) is 12.1. The number of hydrogen-bond acceptors (Lipinski definition) is 5. The number of rotatable bonds is 4. The fourth-order valence-electron chi connectivity index (χ4n) is 4.06. The van der Waals surface area contributed by atoms with Crippen LogP contribution in [0, 0.1) is 6.92 Å². The Balaban J connectivity index is 1.53. The van der Waals surface area contributed by atoms with Gasteiger partial charge in [0.15, 0.2) is 0 Å². The SMILES string of the molecule is Cc1nccc(N2CCN(C(C)C(=O)N(C)C3CCCCC3)CC2)n1. The predicted octanol–water partition coefficient (Wildman–Crippen LogP) is 2.09. The van der Waals surface area contributed by atoms with Crippen molar-refractivity contribution in [3.8, 4) is 0 Å². The van der Waals surface area contributed by atoms with E-state index in [9.17, 15) is 4.79 Å². The molecule has 2 aliphatic rings. The van der Waals surface area contributed by atoms with Crippen LogP contribution in [0.2, 0.25) is 0 Å². The lowest BCUT2D eigenvalue weighted by atomic mass is 9.94.